The zero-order chi connectivity index (χ0) is 21.0. The molecule has 1 amide bonds. The summed E-state index contributed by atoms with van der Waals surface area (Å²) in [5.74, 6) is 0.682. The van der Waals surface area contributed by atoms with Gasteiger partial charge in [-0.05, 0) is 52.0 Å². The largest absolute Gasteiger partial charge is 0.391 e. The highest BCUT2D eigenvalue weighted by Gasteiger charge is 2.24. The Hall–Kier alpha value is -1.39. The van der Waals surface area contributed by atoms with E-state index in [1.54, 1.807) is 6.08 Å². The van der Waals surface area contributed by atoms with Crippen molar-refractivity contribution in [2.45, 2.75) is 73.0 Å². The molecule has 4 nitrogen and oxygen atoms in total. The van der Waals surface area contributed by atoms with Gasteiger partial charge in [0, 0.05) is 18.5 Å². The van der Waals surface area contributed by atoms with Crippen LogP contribution < -0.4 is 10.6 Å². The van der Waals surface area contributed by atoms with Crippen LogP contribution in [0.3, 0.4) is 0 Å². The van der Waals surface area contributed by atoms with Gasteiger partial charge in [-0.3, -0.25) is 4.79 Å². The molecule has 0 aliphatic rings. The van der Waals surface area contributed by atoms with Crippen molar-refractivity contribution in [1.82, 2.24) is 10.6 Å². The van der Waals surface area contributed by atoms with E-state index in [0.717, 1.165) is 12.8 Å². The van der Waals surface area contributed by atoms with Crippen LogP contribution in [0.2, 0.25) is 0 Å². The maximum atomic E-state index is 12.4. The van der Waals surface area contributed by atoms with Crippen molar-refractivity contribution in [3.05, 3.63) is 36.0 Å². The lowest BCUT2D eigenvalue weighted by molar-refractivity contribution is -0.125. The van der Waals surface area contributed by atoms with Gasteiger partial charge in [-0.2, -0.15) is 0 Å². The quantitative estimate of drug-likeness (QED) is 0.420. The molecule has 0 spiro atoms. The molecule has 3 N–H and O–H groups in total. The summed E-state index contributed by atoms with van der Waals surface area (Å²) in [5, 5.41) is 16.7. The molecule has 0 aliphatic carbocycles. The fourth-order valence-corrected chi connectivity index (χ4v) is 3.17. The van der Waals surface area contributed by atoms with Crippen LogP contribution in [0.25, 0.3) is 0 Å². The number of allylic oxidation sites excluding steroid dienone is 5. The SMILES string of the molecule is C=C/C=C\C(C)=C(/C)CC(C)CNC(=O)C(C)CC(O)[C@H](CC(C)C)NC. The highest BCUT2D eigenvalue weighted by molar-refractivity contribution is 5.78. The van der Waals surface area contributed by atoms with Gasteiger partial charge in [-0.1, -0.05) is 63.6 Å². The predicted molar refractivity (Wildman–Crippen MR) is 117 cm³/mol. The molecule has 0 bridgehead atoms. The van der Waals surface area contributed by atoms with Gasteiger partial charge in [-0.25, -0.2) is 0 Å². The molecule has 0 aromatic rings. The molecule has 3 unspecified atom stereocenters. The van der Waals surface area contributed by atoms with Crippen molar-refractivity contribution in [1.29, 1.82) is 0 Å². The normalized spacial score (nSPS) is 17.4. The summed E-state index contributed by atoms with van der Waals surface area (Å²) in [7, 11) is 1.87. The molecule has 0 heterocycles. The lowest BCUT2D eigenvalue weighted by Crippen LogP contribution is -2.42. The van der Waals surface area contributed by atoms with Crippen molar-refractivity contribution in [3.63, 3.8) is 0 Å². The summed E-state index contributed by atoms with van der Waals surface area (Å²) in [6.07, 6.45) is 7.58. The van der Waals surface area contributed by atoms with Crippen LogP contribution in [0, 0.1) is 17.8 Å². The summed E-state index contributed by atoms with van der Waals surface area (Å²) in [5.41, 5.74) is 2.57. The molecule has 156 valence electrons. The average Bonchev–Trinajstić information content (AvgIpc) is 2.61. The van der Waals surface area contributed by atoms with Crippen molar-refractivity contribution in [2.75, 3.05) is 13.6 Å². The topological polar surface area (TPSA) is 61.4 Å². The molecule has 0 rings (SSSR count). The standard InChI is InChI=1S/C23H42N2O2/c1-9-10-11-18(5)19(6)13-17(4)15-25-23(27)20(7)14-22(26)21(24-8)12-16(2)3/h9-11,16-17,20-22,24,26H,1,12-15H2,2-8H3,(H,25,27)/b11-10-,19-18+/t17?,20?,21-,22?/m0/s1. The van der Waals surface area contributed by atoms with Crippen LogP contribution in [-0.2, 0) is 4.79 Å². The maximum absolute atomic E-state index is 12.4. The smallest absolute Gasteiger partial charge is 0.222 e. The Balaban J connectivity index is 4.47. The number of carbonyl (C=O) groups excluding carboxylic acids is 1. The molecule has 0 fully saturated rings. The molecule has 0 aliphatic heterocycles. The second-order valence-corrected chi connectivity index (χ2v) is 8.34. The fourth-order valence-electron chi connectivity index (χ4n) is 3.17. The van der Waals surface area contributed by atoms with Gasteiger partial charge in [-0.15, -0.1) is 0 Å². The monoisotopic (exact) mass is 378 g/mol. The third kappa shape index (κ3) is 11.1. The van der Waals surface area contributed by atoms with Crippen LogP contribution >= 0.6 is 0 Å². The molecule has 0 saturated carbocycles. The first-order valence-electron chi connectivity index (χ1n) is 10.2. The summed E-state index contributed by atoms with van der Waals surface area (Å²) in [6, 6.07) is 0.0264. The van der Waals surface area contributed by atoms with Gasteiger partial charge in [0.05, 0.1) is 6.10 Å². The zero-order valence-corrected chi connectivity index (χ0v) is 18.5. The average molecular weight is 379 g/mol. The van der Waals surface area contributed by atoms with E-state index in [0.29, 0.717) is 24.8 Å². The Bertz CT molecular complexity index is 509. The van der Waals surface area contributed by atoms with Crippen molar-refractivity contribution >= 4 is 5.91 Å². The highest BCUT2D eigenvalue weighted by atomic mass is 16.3. The molecule has 4 atom stereocenters. The van der Waals surface area contributed by atoms with E-state index in [4.69, 9.17) is 0 Å². The first-order chi connectivity index (χ1) is 12.6. The van der Waals surface area contributed by atoms with E-state index < -0.39 is 6.10 Å². The lowest BCUT2D eigenvalue weighted by atomic mass is 9.92. The van der Waals surface area contributed by atoms with Gasteiger partial charge in [0.1, 0.15) is 0 Å². The van der Waals surface area contributed by atoms with E-state index in [-0.39, 0.29) is 17.9 Å². The van der Waals surface area contributed by atoms with Gasteiger partial charge in [0.2, 0.25) is 5.91 Å². The number of carbonyl (C=O) groups is 1. The highest BCUT2D eigenvalue weighted by Crippen LogP contribution is 2.17. The first-order valence-corrected chi connectivity index (χ1v) is 10.2. The fraction of sp³-hybridized carbons (Fsp3) is 0.696. The number of nitrogens with one attached hydrogen (secondary N) is 2. The summed E-state index contributed by atoms with van der Waals surface area (Å²) < 4.78 is 0. The first kappa shape index (κ1) is 25.6. The Morgan fingerprint density at radius 1 is 1.15 bits per heavy atom. The van der Waals surface area contributed by atoms with Gasteiger partial charge >= 0.3 is 0 Å². The van der Waals surface area contributed by atoms with Crippen LogP contribution in [0.15, 0.2) is 36.0 Å². The number of aliphatic hydroxyl groups excluding tert-OH is 1. The number of hydrogen-bond donors (Lipinski definition) is 3. The van der Waals surface area contributed by atoms with Gasteiger partial charge in [0.25, 0.3) is 0 Å². The second kappa shape index (κ2) is 13.7. The zero-order valence-electron chi connectivity index (χ0n) is 18.5. The minimum Gasteiger partial charge on any atom is -0.391 e. The lowest BCUT2D eigenvalue weighted by Gasteiger charge is -2.26. The molecule has 0 aromatic heterocycles. The number of rotatable bonds is 13. The molecular formula is C23H42N2O2. The van der Waals surface area contributed by atoms with Crippen LogP contribution in [0.4, 0.5) is 0 Å². The summed E-state index contributed by atoms with van der Waals surface area (Å²) in [4.78, 5) is 12.4. The van der Waals surface area contributed by atoms with Crippen LogP contribution in [0.1, 0.15) is 60.8 Å². The van der Waals surface area contributed by atoms with E-state index in [9.17, 15) is 9.90 Å². The number of amides is 1. The van der Waals surface area contributed by atoms with E-state index in [2.05, 4.69) is 57.9 Å². The molecule has 0 aromatic carbocycles. The van der Waals surface area contributed by atoms with E-state index >= 15 is 0 Å². The minimum absolute atomic E-state index is 0.0187. The second-order valence-electron chi connectivity index (χ2n) is 8.34. The number of aliphatic hydroxyl groups is 1. The van der Waals surface area contributed by atoms with Gasteiger partial charge in [0.15, 0.2) is 0 Å². The van der Waals surface area contributed by atoms with Crippen molar-refractivity contribution in [3.8, 4) is 0 Å². The Kier molecular flexibility index (Phi) is 13.0. The van der Waals surface area contributed by atoms with Crippen LogP contribution in [-0.4, -0.2) is 36.8 Å². The van der Waals surface area contributed by atoms with Gasteiger partial charge < -0.3 is 15.7 Å². The van der Waals surface area contributed by atoms with Crippen LogP contribution in [0.5, 0.6) is 0 Å². The maximum Gasteiger partial charge on any atom is 0.222 e. The van der Waals surface area contributed by atoms with Crippen molar-refractivity contribution in [2.24, 2.45) is 17.8 Å². The summed E-state index contributed by atoms with van der Waals surface area (Å²) >= 11 is 0. The third-order valence-electron chi connectivity index (χ3n) is 5.04. The molecule has 4 heteroatoms. The number of hydrogen-bond acceptors (Lipinski definition) is 3. The minimum atomic E-state index is -0.514. The molecule has 0 saturated heterocycles. The Morgan fingerprint density at radius 3 is 2.30 bits per heavy atom. The third-order valence-corrected chi connectivity index (χ3v) is 5.04. The molecular weight excluding hydrogens is 336 g/mol. The van der Waals surface area contributed by atoms with E-state index in [1.165, 1.54) is 11.1 Å². The molecule has 0 radical (unpaired) electrons. The Labute approximate surface area is 167 Å². The van der Waals surface area contributed by atoms with E-state index in [1.807, 2.05) is 20.0 Å². The Morgan fingerprint density at radius 2 is 1.78 bits per heavy atom. The number of likely N-dealkylation sites (N-methyl/N-ethyl adjacent to an activating group) is 1. The molecule has 27 heavy (non-hydrogen) atoms. The summed E-state index contributed by atoms with van der Waals surface area (Å²) in [6.45, 7) is 16.9. The van der Waals surface area contributed by atoms with Crippen molar-refractivity contribution < 1.29 is 9.90 Å². The predicted octanol–water partition coefficient (Wildman–Crippen LogP) is 4.23.